The summed E-state index contributed by atoms with van der Waals surface area (Å²) >= 11 is 0. The molecule has 0 aliphatic rings. The number of nitrogens with zero attached hydrogens (tertiary/aromatic N) is 5. The molecular weight excluding hydrogens is 392 g/mol. The van der Waals surface area contributed by atoms with Crippen LogP contribution in [-0.4, -0.2) is 49.5 Å². The number of rotatable bonds is 8. The van der Waals surface area contributed by atoms with E-state index in [2.05, 4.69) is 20.7 Å². The van der Waals surface area contributed by atoms with Gasteiger partial charge in [0.25, 0.3) is 0 Å². The first-order valence-electron chi connectivity index (χ1n) is 10.4. The molecule has 162 valence electrons. The van der Waals surface area contributed by atoms with Crippen molar-refractivity contribution in [2.45, 2.75) is 46.7 Å². The number of carbonyl (C=O) groups is 2. The van der Waals surface area contributed by atoms with Crippen LogP contribution in [0.4, 0.5) is 5.69 Å². The molecule has 0 spiro atoms. The Morgan fingerprint density at radius 2 is 1.84 bits per heavy atom. The van der Waals surface area contributed by atoms with Gasteiger partial charge >= 0.3 is 0 Å². The highest BCUT2D eigenvalue weighted by atomic mass is 16.2. The molecule has 0 unspecified atom stereocenters. The number of amides is 2. The van der Waals surface area contributed by atoms with Gasteiger partial charge in [0.15, 0.2) is 0 Å². The molecule has 3 rings (SSSR count). The average Bonchev–Trinajstić information content (AvgIpc) is 3.23. The molecule has 1 N–H and O–H groups in total. The second kappa shape index (κ2) is 9.97. The largest absolute Gasteiger partial charge is 0.329 e. The number of tetrazole rings is 1. The molecule has 3 aromatic rings. The number of aryl methyl sites for hydroxylation is 1. The van der Waals surface area contributed by atoms with Gasteiger partial charge in [-0.15, -0.1) is 10.2 Å². The Morgan fingerprint density at radius 1 is 1.10 bits per heavy atom. The zero-order valence-electron chi connectivity index (χ0n) is 18.4. The number of benzene rings is 2. The van der Waals surface area contributed by atoms with Crippen LogP contribution in [0.25, 0.3) is 11.4 Å². The van der Waals surface area contributed by atoms with Gasteiger partial charge in [-0.25, -0.2) is 0 Å². The van der Waals surface area contributed by atoms with Crippen LogP contribution in [0.1, 0.15) is 31.4 Å². The van der Waals surface area contributed by atoms with E-state index in [1.54, 1.807) is 4.90 Å². The summed E-state index contributed by atoms with van der Waals surface area (Å²) < 4.78 is 0. The van der Waals surface area contributed by atoms with Crippen molar-refractivity contribution in [3.8, 4) is 11.4 Å². The second-order valence-corrected chi connectivity index (χ2v) is 7.58. The highest BCUT2D eigenvalue weighted by Gasteiger charge is 2.23. The number of hydrogen-bond acceptors (Lipinski definition) is 5. The minimum atomic E-state index is -0.237. The lowest BCUT2D eigenvalue weighted by Crippen LogP contribution is -2.45. The van der Waals surface area contributed by atoms with Crippen molar-refractivity contribution in [1.82, 2.24) is 25.1 Å². The van der Waals surface area contributed by atoms with Crippen molar-refractivity contribution in [2.75, 3.05) is 11.9 Å². The Labute approximate surface area is 182 Å². The zero-order chi connectivity index (χ0) is 22.4. The van der Waals surface area contributed by atoms with Crippen LogP contribution in [0.5, 0.6) is 0 Å². The van der Waals surface area contributed by atoms with Gasteiger partial charge < -0.3 is 10.2 Å². The number of aromatic nitrogens is 4. The van der Waals surface area contributed by atoms with Crippen LogP contribution in [0.3, 0.4) is 0 Å². The van der Waals surface area contributed by atoms with E-state index in [4.69, 9.17) is 0 Å². The van der Waals surface area contributed by atoms with E-state index in [0.29, 0.717) is 5.82 Å². The lowest BCUT2D eigenvalue weighted by atomic mass is 10.1. The summed E-state index contributed by atoms with van der Waals surface area (Å²) in [6.07, 6.45) is 0.725. The first kappa shape index (κ1) is 22.1. The highest BCUT2D eigenvalue weighted by molar-refractivity contribution is 5.95. The van der Waals surface area contributed by atoms with Gasteiger partial charge in [-0.1, -0.05) is 49.4 Å². The maximum Gasteiger partial charge on any atom is 0.246 e. The first-order chi connectivity index (χ1) is 14.9. The fourth-order valence-corrected chi connectivity index (χ4v) is 3.17. The minimum absolute atomic E-state index is 0.0402. The molecule has 0 aliphatic heterocycles. The van der Waals surface area contributed by atoms with E-state index in [0.717, 1.165) is 28.8 Å². The predicted molar refractivity (Wildman–Crippen MR) is 119 cm³/mol. The second-order valence-electron chi connectivity index (χ2n) is 7.58. The molecule has 0 fully saturated rings. The maximum atomic E-state index is 13.0. The molecule has 0 bridgehead atoms. The van der Waals surface area contributed by atoms with Crippen molar-refractivity contribution in [2.24, 2.45) is 0 Å². The van der Waals surface area contributed by atoms with Gasteiger partial charge in [-0.2, -0.15) is 4.80 Å². The average molecular weight is 421 g/mol. The molecule has 8 heteroatoms. The summed E-state index contributed by atoms with van der Waals surface area (Å²) in [5, 5.41) is 15.3. The minimum Gasteiger partial charge on any atom is -0.329 e. The number of hydrogen-bond donors (Lipinski definition) is 1. The third kappa shape index (κ3) is 5.53. The molecule has 1 atom stereocenters. The van der Waals surface area contributed by atoms with Crippen LogP contribution >= 0.6 is 0 Å². The van der Waals surface area contributed by atoms with Crippen LogP contribution < -0.4 is 5.32 Å². The monoisotopic (exact) mass is 420 g/mol. The summed E-state index contributed by atoms with van der Waals surface area (Å²) in [6, 6.07) is 15.1. The first-order valence-corrected chi connectivity index (χ1v) is 10.4. The molecule has 2 aromatic carbocycles. The highest BCUT2D eigenvalue weighted by Crippen LogP contribution is 2.18. The Kier molecular flexibility index (Phi) is 7.12. The van der Waals surface area contributed by atoms with Crippen molar-refractivity contribution in [3.05, 3.63) is 59.7 Å². The summed E-state index contributed by atoms with van der Waals surface area (Å²) in [6.45, 7) is 7.74. The molecule has 0 aliphatic carbocycles. The van der Waals surface area contributed by atoms with Gasteiger partial charge in [-0.3, -0.25) is 9.59 Å². The Balaban J connectivity index is 1.69. The summed E-state index contributed by atoms with van der Waals surface area (Å²) in [7, 11) is 0. The van der Waals surface area contributed by atoms with Crippen LogP contribution in [0.15, 0.2) is 48.5 Å². The number of anilines is 1. The van der Waals surface area contributed by atoms with Crippen LogP contribution in [0.2, 0.25) is 0 Å². The van der Waals surface area contributed by atoms with Crippen LogP contribution in [0, 0.1) is 13.8 Å². The summed E-state index contributed by atoms with van der Waals surface area (Å²) in [5.74, 6) is -0.0162. The fraction of sp³-hybridized carbons (Fsp3) is 0.348. The molecule has 1 heterocycles. The Morgan fingerprint density at radius 3 is 2.55 bits per heavy atom. The van der Waals surface area contributed by atoms with E-state index < -0.39 is 0 Å². The molecular formula is C23H28N6O2. The Bertz CT molecular complexity index is 1050. The molecule has 2 amide bonds. The van der Waals surface area contributed by atoms with Crippen molar-refractivity contribution in [3.63, 3.8) is 0 Å². The quantitative estimate of drug-likeness (QED) is 0.604. The van der Waals surface area contributed by atoms with E-state index >= 15 is 0 Å². The molecule has 1 aromatic heterocycles. The van der Waals surface area contributed by atoms with Gasteiger partial charge in [0, 0.05) is 17.3 Å². The summed E-state index contributed by atoms with van der Waals surface area (Å²) in [4.78, 5) is 28.5. The predicted octanol–water partition coefficient (Wildman–Crippen LogP) is 3.22. The standard InChI is InChI=1S/C23H28N6O2/c1-5-17(3)28(14-21(30)24-20-13-9-10-16(2)18(20)4)22(31)15-29-26-23(25-27-29)19-11-7-6-8-12-19/h6-13,17H,5,14-15H2,1-4H3,(H,24,30)/t17-/m1/s1. The Hall–Kier alpha value is -3.55. The lowest BCUT2D eigenvalue weighted by Gasteiger charge is -2.28. The SMILES string of the molecule is CC[C@@H](C)N(CC(=O)Nc1cccc(C)c1C)C(=O)Cn1nnc(-c2ccccc2)n1. The van der Waals surface area contributed by atoms with Crippen molar-refractivity contribution in [1.29, 1.82) is 0 Å². The van der Waals surface area contributed by atoms with E-state index in [9.17, 15) is 9.59 Å². The molecule has 31 heavy (non-hydrogen) atoms. The fourth-order valence-electron chi connectivity index (χ4n) is 3.17. The number of carbonyl (C=O) groups excluding carboxylic acids is 2. The molecule has 0 saturated carbocycles. The molecule has 0 saturated heterocycles. The van der Waals surface area contributed by atoms with Crippen molar-refractivity contribution < 1.29 is 9.59 Å². The van der Waals surface area contributed by atoms with E-state index in [1.165, 1.54) is 4.80 Å². The number of nitrogens with one attached hydrogen (secondary N) is 1. The molecule has 8 nitrogen and oxygen atoms in total. The third-order valence-electron chi connectivity index (χ3n) is 5.40. The lowest BCUT2D eigenvalue weighted by molar-refractivity contribution is -0.137. The van der Waals surface area contributed by atoms with Crippen molar-refractivity contribution >= 4 is 17.5 Å². The van der Waals surface area contributed by atoms with Gasteiger partial charge in [0.2, 0.25) is 17.6 Å². The topological polar surface area (TPSA) is 93.0 Å². The third-order valence-corrected chi connectivity index (χ3v) is 5.40. The van der Waals surface area contributed by atoms with E-state index in [-0.39, 0.29) is 30.9 Å². The van der Waals surface area contributed by atoms with Gasteiger partial charge in [-0.05, 0) is 49.6 Å². The maximum absolute atomic E-state index is 13.0. The van der Waals surface area contributed by atoms with Crippen LogP contribution in [-0.2, 0) is 16.1 Å². The van der Waals surface area contributed by atoms with Gasteiger partial charge in [0.05, 0.1) is 0 Å². The summed E-state index contributed by atoms with van der Waals surface area (Å²) in [5.41, 5.74) is 3.69. The zero-order valence-corrected chi connectivity index (χ0v) is 18.4. The normalized spacial score (nSPS) is 11.7. The van der Waals surface area contributed by atoms with Gasteiger partial charge in [0.1, 0.15) is 13.1 Å². The smallest absolute Gasteiger partial charge is 0.246 e. The molecule has 0 radical (unpaired) electrons. The van der Waals surface area contributed by atoms with E-state index in [1.807, 2.05) is 76.2 Å².